The largest absolute Gasteiger partial charge is 0.497 e. The molecule has 0 unspecified atom stereocenters. The fourth-order valence-corrected chi connectivity index (χ4v) is 4.25. The number of ether oxygens (including phenoxy) is 1. The lowest BCUT2D eigenvalue weighted by atomic mass is 10.2. The van der Waals surface area contributed by atoms with E-state index in [4.69, 9.17) is 16.3 Å². The maximum absolute atomic E-state index is 13.6. The molecule has 34 heavy (non-hydrogen) atoms. The van der Waals surface area contributed by atoms with Gasteiger partial charge in [0.1, 0.15) is 23.3 Å². The van der Waals surface area contributed by atoms with Gasteiger partial charge in [0.2, 0.25) is 5.91 Å². The number of aromatic nitrogens is 3. The fraction of sp³-hybridized carbons (Fsp3) is 0.115. The van der Waals surface area contributed by atoms with E-state index in [-0.39, 0.29) is 18.0 Å². The number of carbonyl (C=O) groups is 1. The van der Waals surface area contributed by atoms with Crippen molar-refractivity contribution in [1.29, 1.82) is 0 Å². The van der Waals surface area contributed by atoms with Crippen LogP contribution in [0.1, 0.15) is 5.56 Å². The number of nitrogens with one attached hydrogen (secondary N) is 1. The molecule has 7 nitrogen and oxygen atoms in total. The van der Waals surface area contributed by atoms with Crippen LogP contribution in [0.2, 0.25) is 5.02 Å². The smallest absolute Gasteiger partial charge is 0.278 e. The first-order chi connectivity index (χ1) is 16.5. The first-order valence-electron chi connectivity index (χ1n) is 10.7. The summed E-state index contributed by atoms with van der Waals surface area (Å²) in [6.45, 7) is 0.308. The first-order valence-corrected chi connectivity index (χ1v) is 11.1. The van der Waals surface area contributed by atoms with E-state index in [1.165, 1.54) is 0 Å². The number of amides is 1. The van der Waals surface area contributed by atoms with Crippen molar-refractivity contribution in [3.05, 3.63) is 100 Å². The van der Waals surface area contributed by atoms with Gasteiger partial charge in [-0.2, -0.15) is 0 Å². The van der Waals surface area contributed by atoms with Gasteiger partial charge in [0.05, 0.1) is 25.5 Å². The zero-order valence-corrected chi connectivity index (χ0v) is 19.1. The Labute approximate surface area is 200 Å². The van der Waals surface area contributed by atoms with E-state index in [0.717, 1.165) is 22.2 Å². The lowest BCUT2D eigenvalue weighted by Crippen LogP contribution is -2.25. The van der Waals surface area contributed by atoms with E-state index in [1.807, 2.05) is 48.5 Å². The zero-order chi connectivity index (χ0) is 23.7. The van der Waals surface area contributed by atoms with Crippen LogP contribution >= 0.6 is 11.6 Å². The van der Waals surface area contributed by atoms with Gasteiger partial charge in [0.25, 0.3) is 5.56 Å². The Morgan fingerprint density at radius 1 is 1.06 bits per heavy atom. The minimum atomic E-state index is -0.269. The number of halogens is 1. The Morgan fingerprint density at radius 3 is 2.62 bits per heavy atom. The highest BCUT2D eigenvalue weighted by atomic mass is 35.5. The van der Waals surface area contributed by atoms with Crippen LogP contribution in [0.15, 0.2) is 83.9 Å². The highest BCUT2D eigenvalue weighted by molar-refractivity contribution is 6.30. The molecular formula is C26H21ClN4O3. The molecule has 3 aromatic carbocycles. The molecule has 1 amide bonds. The van der Waals surface area contributed by atoms with Gasteiger partial charge in [0.15, 0.2) is 0 Å². The average molecular weight is 473 g/mol. The summed E-state index contributed by atoms with van der Waals surface area (Å²) >= 11 is 6.03. The van der Waals surface area contributed by atoms with Crippen molar-refractivity contribution >= 4 is 45.1 Å². The normalized spacial score (nSPS) is 11.1. The number of para-hydroxylation sites is 1. The van der Waals surface area contributed by atoms with Crippen LogP contribution in [0, 0.1) is 0 Å². The lowest BCUT2D eigenvalue weighted by Gasteiger charge is -2.10. The summed E-state index contributed by atoms with van der Waals surface area (Å²) in [6, 6.07) is 22.0. The number of hydrogen-bond donors (Lipinski definition) is 1. The van der Waals surface area contributed by atoms with Crippen LogP contribution in [-0.2, 0) is 17.9 Å². The summed E-state index contributed by atoms with van der Waals surface area (Å²) in [5, 5.41) is 4.20. The summed E-state index contributed by atoms with van der Waals surface area (Å²) in [7, 11) is 1.61. The van der Waals surface area contributed by atoms with E-state index >= 15 is 0 Å². The molecule has 2 heterocycles. The molecule has 0 aliphatic carbocycles. The van der Waals surface area contributed by atoms with Gasteiger partial charge >= 0.3 is 0 Å². The molecule has 2 aromatic heterocycles. The molecule has 0 bridgehead atoms. The standard InChI is InChI=1S/C26H21ClN4O3/c1-34-20-11-9-17(10-12-20)14-30-16-28-24-21-7-2-3-8-22(21)31(25(24)26(30)33)15-23(32)29-19-6-4-5-18(27)13-19/h2-13,16H,14-15H2,1H3,(H,29,32). The molecule has 170 valence electrons. The number of methoxy groups -OCH3 is 1. The molecule has 0 aliphatic rings. The third kappa shape index (κ3) is 4.13. The van der Waals surface area contributed by atoms with Crippen LogP contribution in [0.4, 0.5) is 5.69 Å². The number of anilines is 1. The molecule has 0 radical (unpaired) electrons. The topological polar surface area (TPSA) is 78.2 Å². The summed E-state index contributed by atoms with van der Waals surface area (Å²) in [6.07, 6.45) is 1.55. The Hall–Kier alpha value is -4.10. The van der Waals surface area contributed by atoms with Crippen molar-refractivity contribution < 1.29 is 9.53 Å². The van der Waals surface area contributed by atoms with Crippen LogP contribution in [0.5, 0.6) is 5.75 Å². The van der Waals surface area contributed by atoms with Crippen LogP contribution in [0.25, 0.3) is 21.9 Å². The molecule has 0 saturated heterocycles. The van der Waals surface area contributed by atoms with Gasteiger partial charge in [-0.05, 0) is 42.0 Å². The highest BCUT2D eigenvalue weighted by Crippen LogP contribution is 2.25. The van der Waals surface area contributed by atoms with Crippen molar-refractivity contribution in [2.45, 2.75) is 13.1 Å². The van der Waals surface area contributed by atoms with Gasteiger partial charge in [-0.3, -0.25) is 14.2 Å². The Kier molecular flexibility index (Phi) is 5.77. The SMILES string of the molecule is COc1ccc(Cn2cnc3c4ccccc4n(CC(=O)Nc4cccc(Cl)c4)c3c2=O)cc1. The maximum atomic E-state index is 13.6. The van der Waals surface area contributed by atoms with Crippen LogP contribution in [0.3, 0.4) is 0 Å². The molecule has 5 rings (SSSR count). The third-order valence-electron chi connectivity index (χ3n) is 5.66. The molecular weight excluding hydrogens is 452 g/mol. The maximum Gasteiger partial charge on any atom is 0.278 e. The average Bonchev–Trinajstić information content (AvgIpc) is 3.15. The summed E-state index contributed by atoms with van der Waals surface area (Å²) in [5.41, 5.74) is 3.04. The zero-order valence-electron chi connectivity index (χ0n) is 18.4. The number of benzene rings is 3. The molecule has 8 heteroatoms. The monoisotopic (exact) mass is 472 g/mol. The molecule has 0 atom stereocenters. The quantitative estimate of drug-likeness (QED) is 0.388. The number of hydrogen-bond acceptors (Lipinski definition) is 4. The van der Waals surface area contributed by atoms with Crippen LogP contribution < -0.4 is 15.6 Å². The van der Waals surface area contributed by atoms with E-state index in [1.54, 1.807) is 46.8 Å². The molecule has 0 fully saturated rings. The number of carbonyl (C=O) groups excluding carboxylic acids is 1. The molecule has 0 saturated carbocycles. The van der Waals surface area contributed by atoms with E-state index in [9.17, 15) is 9.59 Å². The van der Waals surface area contributed by atoms with Gasteiger partial charge in [-0.25, -0.2) is 4.98 Å². The third-order valence-corrected chi connectivity index (χ3v) is 5.89. The van der Waals surface area contributed by atoms with E-state index in [0.29, 0.717) is 28.3 Å². The minimum absolute atomic E-state index is 0.0417. The number of nitrogens with zero attached hydrogens (tertiary/aromatic N) is 3. The second-order valence-electron chi connectivity index (χ2n) is 7.88. The summed E-state index contributed by atoms with van der Waals surface area (Å²) < 4.78 is 8.48. The van der Waals surface area contributed by atoms with E-state index < -0.39 is 0 Å². The van der Waals surface area contributed by atoms with E-state index in [2.05, 4.69) is 10.3 Å². The Bertz CT molecular complexity index is 1570. The molecule has 0 aliphatic heterocycles. The van der Waals surface area contributed by atoms with Gasteiger partial charge in [0, 0.05) is 16.1 Å². The second-order valence-corrected chi connectivity index (χ2v) is 8.32. The van der Waals surface area contributed by atoms with Gasteiger partial charge in [-0.15, -0.1) is 0 Å². The van der Waals surface area contributed by atoms with Gasteiger partial charge < -0.3 is 14.6 Å². The van der Waals surface area contributed by atoms with Crippen LogP contribution in [-0.4, -0.2) is 27.1 Å². The predicted octanol–water partition coefficient (Wildman–Crippen LogP) is 4.70. The van der Waals surface area contributed by atoms with Crippen molar-refractivity contribution in [3.8, 4) is 5.75 Å². The minimum Gasteiger partial charge on any atom is -0.497 e. The summed E-state index contributed by atoms with van der Waals surface area (Å²) in [4.78, 5) is 31.1. The molecule has 0 spiro atoms. The van der Waals surface area contributed by atoms with Crippen molar-refractivity contribution in [2.75, 3.05) is 12.4 Å². The Balaban J connectivity index is 1.55. The predicted molar refractivity (Wildman–Crippen MR) is 134 cm³/mol. The molecule has 5 aromatic rings. The van der Waals surface area contributed by atoms with Crippen molar-refractivity contribution in [3.63, 3.8) is 0 Å². The lowest BCUT2D eigenvalue weighted by molar-refractivity contribution is -0.116. The fourth-order valence-electron chi connectivity index (χ4n) is 4.06. The Morgan fingerprint density at radius 2 is 1.85 bits per heavy atom. The van der Waals surface area contributed by atoms with Gasteiger partial charge in [-0.1, -0.05) is 48.0 Å². The van der Waals surface area contributed by atoms with Crippen molar-refractivity contribution in [1.82, 2.24) is 14.1 Å². The second kappa shape index (κ2) is 9.03. The highest BCUT2D eigenvalue weighted by Gasteiger charge is 2.18. The summed E-state index contributed by atoms with van der Waals surface area (Å²) in [5.74, 6) is 0.477. The van der Waals surface area contributed by atoms with Crippen molar-refractivity contribution in [2.24, 2.45) is 0 Å². The number of fused-ring (bicyclic) bond motifs is 3. The molecule has 1 N–H and O–H groups in total. The first kappa shape index (κ1) is 21.7. The number of rotatable bonds is 6.